The zero-order valence-electron chi connectivity index (χ0n) is 10.6. The summed E-state index contributed by atoms with van der Waals surface area (Å²) in [7, 11) is 1.58. The third-order valence-electron chi connectivity index (χ3n) is 2.52. The third kappa shape index (κ3) is 4.33. The third-order valence-corrected chi connectivity index (χ3v) is 2.52. The van der Waals surface area contributed by atoms with E-state index in [4.69, 9.17) is 4.74 Å². The van der Waals surface area contributed by atoms with Crippen LogP contribution in [0, 0.1) is 5.82 Å². The van der Waals surface area contributed by atoms with Crippen LogP contribution in [0.2, 0.25) is 0 Å². The highest BCUT2D eigenvalue weighted by atomic mass is 19.1. The maximum Gasteiger partial charge on any atom is 0.219 e. The van der Waals surface area contributed by atoms with Crippen LogP contribution in [0.1, 0.15) is 31.4 Å². The van der Waals surface area contributed by atoms with E-state index in [1.807, 2.05) is 0 Å². The van der Waals surface area contributed by atoms with E-state index in [0.717, 1.165) is 0 Å². The second-order valence-electron chi connectivity index (χ2n) is 3.98. The molecule has 0 unspecified atom stereocenters. The van der Waals surface area contributed by atoms with Crippen molar-refractivity contribution in [1.82, 2.24) is 5.32 Å². The molecule has 0 aliphatic carbocycles. The van der Waals surface area contributed by atoms with E-state index in [1.165, 1.54) is 19.1 Å². The molecule has 0 heterocycles. The molecule has 0 fully saturated rings. The number of aliphatic hydroxyl groups is 1. The molecular weight excluding hydrogens is 237 g/mol. The molecule has 0 aliphatic rings. The molecule has 0 spiro atoms. The number of rotatable bonds is 6. The first kappa shape index (κ1) is 14.4. The summed E-state index contributed by atoms with van der Waals surface area (Å²) in [5.41, 5.74) is 0.243. The van der Waals surface area contributed by atoms with Gasteiger partial charge in [-0.2, -0.15) is 0 Å². The Hall–Kier alpha value is -1.62. The molecule has 0 bridgehead atoms. The summed E-state index contributed by atoms with van der Waals surface area (Å²) in [6.07, 6.45) is 0.108. The molecule has 0 radical (unpaired) electrons. The number of halogens is 1. The van der Waals surface area contributed by atoms with Gasteiger partial charge in [0.05, 0.1) is 12.7 Å². The number of hydrogen-bond acceptors (Lipinski definition) is 3. The molecule has 0 saturated heterocycles. The molecule has 18 heavy (non-hydrogen) atoms. The number of hydrogen-bond donors (Lipinski definition) is 2. The van der Waals surface area contributed by atoms with Crippen LogP contribution in [0.4, 0.5) is 4.39 Å². The van der Waals surface area contributed by atoms with Gasteiger partial charge in [0.1, 0.15) is 11.6 Å². The molecule has 1 amide bonds. The van der Waals surface area contributed by atoms with E-state index in [9.17, 15) is 14.3 Å². The van der Waals surface area contributed by atoms with Crippen molar-refractivity contribution in [2.45, 2.75) is 25.9 Å². The normalized spacial score (nSPS) is 12.0. The summed E-state index contributed by atoms with van der Waals surface area (Å²) in [6, 6.07) is 4.33. The molecule has 4 nitrogen and oxygen atoms in total. The minimum atomic E-state index is -0.840. The van der Waals surface area contributed by atoms with E-state index >= 15 is 0 Å². The van der Waals surface area contributed by atoms with E-state index in [2.05, 4.69) is 5.32 Å². The van der Waals surface area contributed by atoms with Gasteiger partial charge in [-0.3, -0.25) is 4.79 Å². The highest BCUT2D eigenvalue weighted by Gasteiger charge is 2.09. The fourth-order valence-corrected chi connectivity index (χ4v) is 1.48. The average molecular weight is 255 g/mol. The summed E-state index contributed by atoms with van der Waals surface area (Å²) < 4.78 is 18.8. The second-order valence-corrected chi connectivity index (χ2v) is 3.98. The van der Waals surface area contributed by atoms with Crippen molar-refractivity contribution in [1.29, 1.82) is 0 Å². The standard InChI is InChI=1S/C13H18FNO3/c1-9(16)11-6-5-10(8-12(11)14)18-7-3-4-13(17)15-2/h5-6,8-9,16H,3-4,7H2,1-2H3,(H,15,17)/t9-/m1/s1. The Morgan fingerprint density at radius 2 is 2.28 bits per heavy atom. The fraction of sp³-hybridized carbons (Fsp3) is 0.462. The number of ether oxygens (including phenoxy) is 1. The smallest absolute Gasteiger partial charge is 0.219 e. The topological polar surface area (TPSA) is 58.6 Å². The largest absolute Gasteiger partial charge is 0.493 e. The van der Waals surface area contributed by atoms with Gasteiger partial charge >= 0.3 is 0 Å². The SMILES string of the molecule is CNC(=O)CCCOc1ccc([C@@H](C)O)c(F)c1. The van der Waals surface area contributed by atoms with Crippen molar-refractivity contribution < 1.29 is 19.0 Å². The van der Waals surface area contributed by atoms with Crippen molar-refractivity contribution >= 4 is 5.91 Å². The van der Waals surface area contributed by atoms with Gasteiger partial charge in [0.15, 0.2) is 0 Å². The molecular formula is C13H18FNO3. The Morgan fingerprint density at radius 1 is 1.56 bits per heavy atom. The quantitative estimate of drug-likeness (QED) is 0.762. The fourth-order valence-electron chi connectivity index (χ4n) is 1.48. The molecule has 2 N–H and O–H groups in total. The lowest BCUT2D eigenvalue weighted by Crippen LogP contribution is -2.18. The predicted octanol–water partition coefficient (Wildman–Crippen LogP) is 1.78. The molecule has 0 aromatic heterocycles. The van der Waals surface area contributed by atoms with Crippen molar-refractivity contribution in [3.63, 3.8) is 0 Å². The van der Waals surface area contributed by atoms with Crippen molar-refractivity contribution in [2.75, 3.05) is 13.7 Å². The first-order valence-electron chi connectivity index (χ1n) is 5.85. The minimum Gasteiger partial charge on any atom is -0.493 e. The molecule has 1 atom stereocenters. The number of benzene rings is 1. The highest BCUT2D eigenvalue weighted by molar-refractivity contribution is 5.75. The average Bonchev–Trinajstić information content (AvgIpc) is 2.34. The lowest BCUT2D eigenvalue weighted by atomic mass is 10.1. The van der Waals surface area contributed by atoms with Gasteiger partial charge in [-0.1, -0.05) is 0 Å². The molecule has 5 heteroatoms. The number of nitrogens with one attached hydrogen (secondary N) is 1. The number of aliphatic hydroxyl groups excluding tert-OH is 1. The Balaban J connectivity index is 2.44. The first-order valence-corrected chi connectivity index (χ1v) is 5.85. The Bertz CT molecular complexity index is 407. The van der Waals surface area contributed by atoms with Crippen LogP contribution in [0.5, 0.6) is 5.75 Å². The van der Waals surface area contributed by atoms with E-state index < -0.39 is 11.9 Å². The van der Waals surface area contributed by atoms with Crippen LogP contribution in [0.3, 0.4) is 0 Å². The van der Waals surface area contributed by atoms with E-state index in [-0.39, 0.29) is 11.5 Å². The lowest BCUT2D eigenvalue weighted by Gasteiger charge is -2.09. The maximum atomic E-state index is 13.5. The van der Waals surface area contributed by atoms with Gasteiger partial charge in [0.25, 0.3) is 0 Å². The summed E-state index contributed by atoms with van der Waals surface area (Å²) in [5.74, 6) is -0.142. The van der Waals surface area contributed by atoms with E-state index in [1.54, 1.807) is 13.1 Å². The summed E-state index contributed by atoms with van der Waals surface area (Å²) in [5, 5.41) is 11.8. The molecule has 0 saturated carbocycles. The van der Waals surface area contributed by atoms with Gasteiger partial charge in [0, 0.05) is 25.1 Å². The monoisotopic (exact) mass is 255 g/mol. The van der Waals surface area contributed by atoms with Crippen molar-refractivity contribution in [2.24, 2.45) is 0 Å². The van der Waals surface area contributed by atoms with Gasteiger partial charge in [-0.15, -0.1) is 0 Å². The van der Waals surface area contributed by atoms with Crippen LogP contribution in [0.15, 0.2) is 18.2 Å². The highest BCUT2D eigenvalue weighted by Crippen LogP contribution is 2.21. The van der Waals surface area contributed by atoms with Crippen LogP contribution in [-0.2, 0) is 4.79 Å². The zero-order valence-corrected chi connectivity index (χ0v) is 10.6. The van der Waals surface area contributed by atoms with Gasteiger partial charge in [0.2, 0.25) is 5.91 Å². The second kappa shape index (κ2) is 6.96. The van der Waals surface area contributed by atoms with Crippen LogP contribution in [0.25, 0.3) is 0 Å². The molecule has 0 aliphatic heterocycles. The molecule has 1 rings (SSSR count). The Morgan fingerprint density at radius 3 is 2.83 bits per heavy atom. The van der Waals surface area contributed by atoms with Crippen molar-refractivity contribution in [3.05, 3.63) is 29.6 Å². The number of amides is 1. The summed E-state index contributed by atoms with van der Waals surface area (Å²) >= 11 is 0. The van der Waals surface area contributed by atoms with Crippen molar-refractivity contribution in [3.8, 4) is 5.75 Å². The summed E-state index contributed by atoms with van der Waals surface area (Å²) in [6.45, 7) is 1.85. The van der Waals surface area contributed by atoms with Crippen LogP contribution >= 0.6 is 0 Å². The first-order chi connectivity index (χ1) is 8.54. The molecule has 1 aromatic rings. The van der Waals surface area contributed by atoms with Crippen LogP contribution in [-0.4, -0.2) is 24.7 Å². The molecule has 1 aromatic carbocycles. The van der Waals surface area contributed by atoms with E-state index in [0.29, 0.717) is 25.2 Å². The van der Waals surface area contributed by atoms with Gasteiger partial charge < -0.3 is 15.2 Å². The minimum absolute atomic E-state index is 0.0470. The maximum absolute atomic E-state index is 13.5. The number of carbonyl (C=O) groups excluding carboxylic acids is 1. The Kier molecular flexibility index (Phi) is 5.58. The Labute approximate surface area is 106 Å². The predicted molar refractivity (Wildman–Crippen MR) is 65.8 cm³/mol. The van der Waals surface area contributed by atoms with Gasteiger partial charge in [-0.25, -0.2) is 4.39 Å². The van der Waals surface area contributed by atoms with Crippen LogP contribution < -0.4 is 10.1 Å². The summed E-state index contributed by atoms with van der Waals surface area (Å²) in [4.78, 5) is 10.9. The number of carbonyl (C=O) groups is 1. The van der Waals surface area contributed by atoms with Gasteiger partial charge in [-0.05, 0) is 25.5 Å². The molecule has 100 valence electrons. The lowest BCUT2D eigenvalue weighted by molar-refractivity contribution is -0.120. The zero-order chi connectivity index (χ0) is 13.5.